The van der Waals surface area contributed by atoms with Crippen LogP contribution in [0.15, 0.2) is 5.03 Å². The molecule has 2 aromatic rings. The van der Waals surface area contributed by atoms with Gasteiger partial charge in [-0.05, 0) is 38.7 Å². The van der Waals surface area contributed by atoms with Gasteiger partial charge in [-0.3, -0.25) is 4.79 Å². The Morgan fingerprint density at radius 2 is 1.88 bits per heavy atom. The molecule has 2 aromatic heterocycles. The predicted molar refractivity (Wildman–Crippen MR) is 107 cm³/mol. The van der Waals surface area contributed by atoms with Crippen LogP contribution in [0.4, 0.5) is 0 Å². The molecule has 1 aliphatic heterocycles. The van der Waals surface area contributed by atoms with Gasteiger partial charge < -0.3 is 4.90 Å². The van der Waals surface area contributed by atoms with E-state index in [1.165, 1.54) is 23.3 Å². The van der Waals surface area contributed by atoms with E-state index in [9.17, 15) is 4.79 Å². The summed E-state index contributed by atoms with van der Waals surface area (Å²) in [5.41, 5.74) is 1.26. The molecule has 0 aliphatic carbocycles. The lowest BCUT2D eigenvalue weighted by Gasteiger charge is -2.20. The van der Waals surface area contributed by atoms with E-state index in [0.717, 1.165) is 59.8 Å². The lowest BCUT2D eigenvalue weighted by atomic mass is 10.2. The van der Waals surface area contributed by atoms with Gasteiger partial charge in [-0.15, -0.1) is 11.3 Å². The number of carbonyl (C=O) groups excluding carboxylic acids is 1. The van der Waals surface area contributed by atoms with E-state index in [0.29, 0.717) is 5.75 Å². The van der Waals surface area contributed by atoms with Gasteiger partial charge in [-0.2, -0.15) is 0 Å². The number of fused-ring (bicyclic) bond motifs is 1. The number of aryl methyl sites for hydroxylation is 3. The number of amides is 1. The second-order valence-electron chi connectivity index (χ2n) is 6.74. The summed E-state index contributed by atoms with van der Waals surface area (Å²) in [5, 5.41) is 2.13. The molecule has 6 heteroatoms. The average Bonchev–Trinajstić information content (AvgIpc) is 2.80. The van der Waals surface area contributed by atoms with E-state index in [2.05, 4.69) is 20.8 Å². The maximum absolute atomic E-state index is 12.6. The Bertz CT molecular complexity index is 749. The SMILES string of the molecule is CCCc1nc(SCC(=O)N2CCCCCC2)c2c(C)c(C)sc2n1. The van der Waals surface area contributed by atoms with Crippen LogP contribution in [0.25, 0.3) is 10.2 Å². The summed E-state index contributed by atoms with van der Waals surface area (Å²) in [6.45, 7) is 8.25. The molecule has 0 bridgehead atoms. The van der Waals surface area contributed by atoms with Crippen LogP contribution in [0, 0.1) is 13.8 Å². The number of hydrogen-bond acceptors (Lipinski definition) is 5. The highest BCUT2D eigenvalue weighted by atomic mass is 32.2. The fourth-order valence-corrected chi connectivity index (χ4v) is 5.36. The molecule has 0 saturated carbocycles. The molecule has 1 aliphatic rings. The number of rotatable bonds is 5. The molecule has 1 fully saturated rings. The van der Waals surface area contributed by atoms with Crippen molar-refractivity contribution in [3.8, 4) is 0 Å². The zero-order valence-corrected chi connectivity index (χ0v) is 17.1. The summed E-state index contributed by atoms with van der Waals surface area (Å²) in [6, 6.07) is 0. The molecule has 0 radical (unpaired) electrons. The van der Waals surface area contributed by atoms with Crippen LogP contribution in [-0.2, 0) is 11.2 Å². The molecular formula is C19H27N3OS2. The summed E-state index contributed by atoms with van der Waals surface area (Å²) in [5.74, 6) is 1.63. The molecule has 4 nitrogen and oxygen atoms in total. The second-order valence-corrected chi connectivity index (χ2v) is 8.91. The van der Waals surface area contributed by atoms with Gasteiger partial charge in [0.1, 0.15) is 15.7 Å². The van der Waals surface area contributed by atoms with Crippen LogP contribution in [0.3, 0.4) is 0 Å². The molecule has 1 saturated heterocycles. The minimum atomic E-state index is 0.250. The van der Waals surface area contributed by atoms with E-state index < -0.39 is 0 Å². The zero-order valence-electron chi connectivity index (χ0n) is 15.4. The Hall–Kier alpha value is -1.14. The van der Waals surface area contributed by atoms with E-state index in [1.54, 1.807) is 23.1 Å². The maximum atomic E-state index is 12.6. The topological polar surface area (TPSA) is 46.1 Å². The third-order valence-corrected chi connectivity index (χ3v) is 6.87. The van der Waals surface area contributed by atoms with E-state index in [1.807, 2.05) is 4.90 Å². The third-order valence-electron chi connectivity index (χ3n) is 4.81. The van der Waals surface area contributed by atoms with Crippen molar-refractivity contribution in [3.63, 3.8) is 0 Å². The highest BCUT2D eigenvalue weighted by molar-refractivity contribution is 8.00. The van der Waals surface area contributed by atoms with Crippen LogP contribution in [0.2, 0.25) is 0 Å². The summed E-state index contributed by atoms with van der Waals surface area (Å²) in [6.07, 6.45) is 6.69. The van der Waals surface area contributed by atoms with E-state index in [-0.39, 0.29) is 5.91 Å². The van der Waals surface area contributed by atoms with Gasteiger partial charge in [0.15, 0.2) is 0 Å². The number of hydrogen-bond donors (Lipinski definition) is 0. The van der Waals surface area contributed by atoms with Crippen LogP contribution < -0.4 is 0 Å². The summed E-state index contributed by atoms with van der Waals surface area (Å²) < 4.78 is 0. The fourth-order valence-electron chi connectivity index (χ4n) is 3.24. The first-order valence-electron chi connectivity index (χ1n) is 9.27. The number of thioether (sulfide) groups is 1. The van der Waals surface area contributed by atoms with Gasteiger partial charge in [0.25, 0.3) is 0 Å². The van der Waals surface area contributed by atoms with Crippen molar-refractivity contribution in [3.05, 3.63) is 16.3 Å². The Kier molecular flexibility index (Phi) is 6.34. The van der Waals surface area contributed by atoms with Gasteiger partial charge in [-0.25, -0.2) is 9.97 Å². The molecule has 3 heterocycles. The Morgan fingerprint density at radius 3 is 2.56 bits per heavy atom. The Morgan fingerprint density at radius 1 is 1.16 bits per heavy atom. The smallest absolute Gasteiger partial charge is 0.232 e. The molecule has 0 unspecified atom stereocenters. The lowest BCUT2D eigenvalue weighted by molar-refractivity contribution is -0.128. The second kappa shape index (κ2) is 8.49. The standard InChI is InChI=1S/C19H27N3OS2/c1-4-9-15-20-18(17-13(2)14(3)25-19(17)21-15)24-12-16(23)22-10-7-5-6-8-11-22/h4-12H2,1-3H3. The normalized spacial score (nSPS) is 15.6. The van der Waals surface area contributed by atoms with Crippen LogP contribution in [0.5, 0.6) is 0 Å². The first kappa shape index (κ1) is 18.6. The van der Waals surface area contributed by atoms with Gasteiger partial charge in [0, 0.05) is 29.8 Å². The number of carbonyl (C=O) groups is 1. The molecule has 136 valence electrons. The Labute approximate surface area is 158 Å². The van der Waals surface area contributed by atoms with Gasteiger partial charge in [0.2, 0.25) is 5.91 Å². The molecular weight excluding hydrogens is 350 g/mol. The van der Waals surface area contributed by atoms with Crippen LogP contribution >= 0.6 is 23.1 Å². The molecule has 3 rings (SSSR count). The fraction of sp³-hybridized carbons (Fsp3) is 0.632. The summed E-state index contributed by atoms with van der Waals surface area (Å²) >= 11 is 3.33. The molecule has 0 aromatic carbocycles. The summed E-state index contributed by atoms with van der Waals surface area (Å²) in [4.78, 5) is 26.5. The molecule has 0 atom stereocenters. The van der Waals surface area contributed by atoms with Crippen molar-refractivity contribution in [2.45, 2.75) is 64.3 Å². The largest absolute Gasteiger partial charge is 0.342 e. The first-order valence-corrected chi connectivity index (χ1v) is 11.1. The number of aromatic nitrogens is 2. The first-order chi connectivity index (χ1) is 12.1. The predicted octanol–water partition coefficient (Wildman–Crippen LogP) is 4.76. The monoisotopic (exact) mass is 377 g/mol. The number of thiophene rings is 1. The zero-order chi connectivity index (χ0) is 17.8. The molecule has 0 spiro atoms. The minimum absolute atomic E-state index is 0.250. The maximum Gasteiger partial charge on any atom is 0.232 e. The van der Waals surface area contributed by atoms with Crippen molar-refractivity contribution in [2.75, 3.05) is 18.8 Å². The van der Waals surface area contributed by atoms with Crippen molar-refractivity contribution in [1.29, 1.82) is 0 Å². The average molecular weight is 378 g/mol. The summed E-state index contributed by atoms with van der Waals surface area (Å²) in [7, 11) is 0. The number of nitrogens with zero attached hydrogens (tertiary/aromatic N) is 3. The lowest BCUT2D eigenvalue weighted by Crippen LogP contribution is -2.33. The highest BCUT2D eigenvalue weighted by Crippen LogP contribution is 2.35. The minimum Gasteiger partial charge on any atom is -0.342 e. The molecule has 1 amide bonds. The van der Waals surface area contributed by atoms with Crippen LogP contribution in [0.1, 0.15) is 55.3 Å². The van der Waals surface area contributed by atoms with E-state index in [4.69, 9.17) is 9.97 Å². The van der Waals surface area contributed by atoms with Gasteiger partial charge in [0.05, 0.1) is 5.75 Å². The van der Waals surface area contributed by atoms with Gasteiger partial charge in [-0.1, -0.05) is 31.5 Å². The van der Waals surface area contributed by atoms with E-state index >= 15 is 0 Å². The van der Waals surface area contributed by atoms with Crippen molar-refractivity contribution >= 4 is 39.2 Å². The third kappa shape index (κ3) is 4.34. The van der Waals surface area contributed by atoms with Crippen molar-refractivity contribution in [1.82, 2.24) is 14.9 Å². The quantitative estimate of drug-likeness (QED) is 0.557. The molecule has 0 N–H and O–H groups in total. The highest BCUT2D eigenvalue weighted by Gasteiger charge is 2.19. The Balaban J connectivity index is 1.80. The number of likely N-dealkylation sites (tertiary alicyclic amines) is 1. The molecule has 25 heavy (non-hydrogen) atoms. The van der Waals surface area contributed by atoms with Crippen molar-refractivity contribution < 1.29 is 4.79 Å². The van der Waals surface area contributed by atoms with Gasteiger partial charge >= 0.3 is 0 Å². The van der Waals surface area contributed by atoms with Crippen molar-refractivity contribution in [2.24, 2.45) is 0 Å². The van der Waals surface area contributed by atoms with Crippen LogP contribution in [-0.4, -0.2) is 39.6 Å².